The van der Waals surface area contributed by atoms with Gasteiger partial charge in [0.05, 0.1) is 12.2 Å². The molecule has 3 nitrogen and oxygen atoms in total. The molecule has 0 saturated heterocycles. The van der Waals surface area contributed by atoms with E-state index in [0.29, 0.717) is 0 Å². The lowest BCUT2D eigenvalue weighted by Crippen LogP contribution is -2.19. The van der Waals surface area contributed by atoms with E-state index in [0.717, 1.165) is 23.8 Å². The molecule has 0 saturated carbocycles. The van der Waals surface area contributed by atoms with Gasteiger partial charge in [-0.15, -0.1) is 0 Å². The highest BCUT2D eigenvalue weighted by atomic mass is 32.2. The third-order valence-corrected chi connectivity index (χ3v) is 4.42. The molecule has 0 fully saturated rings. The van der Waals surface area contributed by atoms with Gasteiger partial charge in [0.15, 0.2) is 5.17 Å². The summed E-state index contributed by atoms with van der Waals surface area (Å²) in [4.78, 5) is 8.13. The lowest BCUT2D eigenvalue weighted by Gasteiger charge is -2.15. The maximum atomic E-state index is 5.65. The average molecular weight is 256 g/mol. The van der Waals surface area contributed by atoms with Crippen molar-refractivity contribution in [2.75, 3.05) is 13.1 Å². The van der Waals surface area contributed by atoms with Gasteiger partial charge in [0.1, 0.15) is 11.8 Å². The van der Waals surface area contributed by atoms with Crippen LogP contribution < -0.4 is 0 Å². The van der Waals surface area contributed by atoms with Crippen molar-refractivity contribution in [3.05, 3.63) is 41.0 Å². The van der Waals surface area contributed by atoms with Crippen LogP contribution in [0.2, 0.25) is 0 Å². The van der Waals surface area contributed by atoms with Gasteiger partial charge in [-0.25, -0.2) is 0 Å². The Hall–Kier alpha value is -1.68. The first-order valence-corrected chi connectivity index (χ1v) is 6.83. The van der Waals surface area contributed by atoms with Gasteiger partial charge >= 0.3 is 0 Å². The summed E-state index contributed by atoms with van der Waals surface area (Å²) >= 11 is 1.76. The number of thioether (sulfide) groups is 1. The largest absolute Gasteiger partial charge is 0.464 e. The molecular weight excluding hydrogens is 244 g/mol. The minimum atomic E-state index is 0.898. The van der Waals surface area contributed by atoms with Gasteiger partial charge < -0.3 is 9.32 Å². The zero-order chi connectivity index (χ0) is 12.1. The summed E-state index contributed by atoms with van der Waals surface area (Å²) in [7, 11) is 0. The van der Waals surface area contributed by atoms with Crippen LogP contribution in [0.4, 0.5) is 0 Å². The second-order valence-electron chi connectivity index (χ2n) is 4.47. The first kappa shape index (κ1) is 10.3. The fourth-order valence-corrected chi connectivity index (χ4v) is 3.63. The Kier molecular flexibility index (Phi) is 2.08. The van der Waals surface area contributed by atoms with Gasteiger partial charge in [-0.05, 0) is 13.0 Å². The summed E-state index contributed by atoms with van der Waals surface area (Å²) in [5, 5.41) is 2.31. The number of benzene rings is 1. The Labute approximate surface area is 109 Å². The molecule has 2 aliphatic rings. The number of allylic oxidation sites excluding steroid dienone is 1. The van der Waals surface area contributed by atoms with E-state index in [1.54, 1.807) is 11.8 Å². The molecule has 0 spiro atoms. The topological polar surface area (TPSA) is 28.7 Å². The van der Waals surface area contributed by atoms with Crippen molar-refractivity contribution in [3.8, 4) is 0 Å². The number of fused-ring (bicyclic) bond motifs is 2. The van der Waals surface area contributed by atoms with Crippen molar-refractivity contribution < 1.29 is 4.42 Å². The SMILES string of the molecule is CC1=C(c2coc3ccccc23)N2CCN=C2S1. The summed E-state index contributed by atoms with van der Waals surface area (Å²) in [6, 6.07) is 8.18. The molecule has 90 valence electrons. The van der Waals surface area contributed by atoms with Crippen molar-refractivity contribution in [1.29, 1.82) is 0 Å². The van der Waals surface area contributed by atoms with E-state index >= 15 is 0 Å². The van der Waals surface area contributed by atoms with E-state index in [1.165, 1.54) is 21.6 Å². The molecule has 0 N–H and O–H groups in total. The minimum Gasteiger partial charge on any atom is -0.464 e. The Morgan fingerprint density at radius 3 is 3.17 bits per heavy atom. The molecule has 2 aromatic rings. The molecule has 0 aliphatic carbocycles. The predicted molar refractivity (Wildman–Crippen MR) is 75.4 cm³/mol. The average Bonchev–Trinajstić information content (AvgIpc) is 3.03. The highest BCUT2D eigenvalue weighted by Gasteiger charge is 2.32. The van der Waals surface area contributed by atoms with Gasteiger partial charge in [0.2, 0.25) is 0 Å². The molecule has 0 radical (unpaired) electrons. The number of furan rings is 1. The molecule has 1 aromatic carbocycles. The van der Waals surface area contributed by atoms with Gasteiger partial charge in [-0.2, -0.15) is 0 Å². The monoisotopic (exact) mass is 256 g/mol. The predicted octanol–water partition coefficient (Wildman–Crippen LogP) is 3.54. The molecule has 3 heterocycles. The second kappa shape index (κ2) is 3.65. The lowest BCUT2D eigenvalue weighted by atomic mass is 10.1. The fraction of sp³-hybridized carbons (Fsp3) is 0.214. The Bertz CT molecular complexity index is 699. The van der Waals surface area contributed by atoms with Crippen LogP contribution >= 0.6 is 11.8 Å². The van der Waals surface area contributed by atoms with Crippen LogP contribution in [0.25, 0.3) is 16.7 Å². The zero-order valence-corrected chi connectivity index (χ0v) is 10.8. The molecule has 0 atom stereocenters. The van der Waals surface area contributed by atoms with E-state index in [-0.39, 0.29) is 0 Å². The molecule has 4 rings (SSSR count). The van der Waals surface area contributed by atoms with Gasteiger partial charge in [0.25, 0.3) is 0 Å². The Morgan fingerprint density at radius 1 is 1.33 bits per heavy atom. The molecule has 0 bridgehead atoms. The van der Waals surface area contributed by atoms with Crippen LogP contribution in [-0.4, -0.2) is 23.2 Å². The highest BCUT2D eigenvalue weighted by Crippen LogP contribution is 2.43. The lowest BCUT2D eigenvalue weighted by molar-refractivity contribution is 0.607. The van der Waals surface area contributed by atoms with E-state index in [9.17, 15) is 0 Å². The van der Waals surface area contributed by atoms with Crippen LogP contribution in [-0.2, 0) is 0 Å². The molecule has 0 amide bonds. The number of aliphatic imine (C=N–C) groups is 1. The fourth-order valence-electron chi connectivity index (χ4n) is 2.59. The maximum absolute atomic E-state index is 5.65. The van der Waals surface area contributed by atoms with Crippen LogP contribution in [0.15, 0.2) is 44.8 Å². The van der Waals surface area contributed by atoms with E-state index in [4.69, 9.17) is 4.42 Å². The number of hydrogen-bond donors (Lipinski definition) is 0. The molecule has 18 heavy (non-hydrogen) atoms. The number of amidine groups is 1. The first-order chi connectivity index (χ1) is 8.84. The van der Waals surface area contributed by atoms with E-state index in [1.807, 2.05) is 18.4 Å². The Morgan fingerprint density at radius 2 is 2.22 bits per heavy atom. The zero-order valence-electron chi connectivity index (χ0n) is 10.0. The summed E-state index contributed by atoms with van der Waals surface area (Å²) in [5.41, 5.74) is 3.39. The summed E-state index contributed by atoms with van der Waals surface area (Å²) < 4.78 is 5.65. The number of para-hydroxylation sites is 1. The summed E-state index contributed by atoms with van der Waals surface area (Å²) in [5.74, 6) is 0. The number of hydrogen-bond acceptors (Lipinski definition) is 4. The number of nitrogens with zero attached hydrogens (tertiary/aromatic N) is 2. The van der Waals surface area contributed by atoms with Crippen molar-refractivity contribution >= 4 is 33.6 Å². The smallest absolute Gasteiger partial charge is 0.168 e. The van der Waals surface area contributed by atoms with E-state index < -0.39 is 0 Å². The van der Waals surface area contributed by atoms with Gasteiger partial charge in [0, 0.05) is 22.4 Å². The van der Waals surface area contributed by atoms with Crippen molar-refractivity contribution in [2.45, 2.75) is 6.92 Å². The summed E-state index contributed by atoms with van der Waals surface area (Å²) in [6.07, 6.45) is 1.87. The molecule has 4 heteroatoms. The van der Waals surface area contributed by atoms with Crippen LogP contribution in [0.1, 0.15) is 12.5 Å². The van der Waals surface area contributed by atoms with Crippen LogP contribution in [0, 0.1) is 0 Å². The normalized spacial score (nSPS) is 18.7. The summed E-state index contributed by atoms with van der Waals surface area (Å²) in [6.45, 7) is 4.03. The highest BCUT2D eigenvalue weighted by molar-refractivity contribution is 8.17. The van der Waals surface area contributed by atoms with Crippen molar-refractivity contribution in [2.24, 2.45) is 4.99 Å². The quantitative estimate of drug-likeness (QED) is 0.781. The number of rotatable bonds is 1. The van der Waals surface area contributed by atoms with Crippen molar-refractivity contribution in [1.82, 2.24) is 4.90 Å². The third kappa shape index (κ3) is 1.29. The third-order valence-electron chi connectivity index (χ3n) is 3.39. The second-order valence-corrected chi connectivity index (χ2v) is 5.65. The molecular formula is C14H12N2OS. The standard InChI is InChI=1S/C14H12N2OS/c1-9-13(16-7-6-15-14(16)18-9)11-8-17-12-5-3-2-4-10(11)12/h2-5,8H,6-7H2,1H3. The minimum absolute atomic E-state index is 0.898. The Balaban J connectivity index is 1.93. The molecule has 0 unspecified atom stereocenters. The van der Waals surface area contributed by atoms with Crippen LogP contribution in [0.3, 0.4) is 0 Å². The van der Waals surface area contributed by atoms with Gasteiger partial charge in [-0.3, -0.25) is 4.99 Å². The van der Waals surface area contributed by atoms with Gasteiger partial charge in [-0.1, -0.05) is 30.0 Å². The van der Waals surface area contributed by atoms with Crippen LogP contribution in [0.5, 0.6) is 0 Å². The van der Waals surface area contributed by atoms with Crippen molar-refractivity contribution in [3.63, 3.8) is 0 Å². The maximum Gasteiger partial charge on any atom is 0.168 e. The van der Waals surface area contributed by atoms with E-state index in [2.05, 4.69) is 28.9 Å². The molecule has 1 aromatic heterocycles. The molecule has 2 aliphatic heterocycles. The first-order valence-electron chi connectivity index (χ1n) is 6.02.